The van der Waals surface area contributed by atoms with Crippen LogP contribution in [0.15, 0.2) is 18.2 Å². The summed E-state index contributed by atoms with van der Waals surface area (Å²) in [5.74, 6) is -1.37. The molecule has 0 spiro atoms. The van der Waals surface area contributed by atoms with Gasteiger partial charge < -0.3 is 20.9 Å². The first-order chi connectivity index (χ1) is 8.08. The number of nitrogens with two attached hydrogens (primary N) is 1. The molecule has 0 aliphatic carbocycles. The van der Waals surface area contributed by atoms with Crippen molar-refractivity contribution < 1.29 is 19.4 Å². The molecular formula is C11H12N2O4. The van der Waals surface area contributed by atoms with E-state index < -0.39 is 12.1 Å². The lowest BCUT2D eigenvalue weighted by Gasteiger charge is -2.25. The fraction of sp³-hybridized carbons (Fsp3) is 0.273. The molecule has 0 aromatic heterocycles. The lowest BCUT2D eigenvalue weighted by atomic mass is 10.1. The summed E-state index contributed by atoms with van der Waals surface area (Å²) in [6.07, 6.45) is 0.215. The summed E-state index contributed by atoms with van der Waals surface area (Å²) in [4.78, 5) is 22.4. The standard InChI is InChI=1S/C11H12N2O4/c12-7-2-1-6(11(15)16)5-8(7)13-10(14)9-3-4-17-9/h1-2,5,9H,3-4,12H2,(H,13,14)(H,15,16). The number of benzene rings is 1. The van der Waals surface area contributed by atoms with Crippen molar-refractivity contribution in [3.63, 3.8) is 0 Å². The molecule has 1 heterocycles. The van der Waals surface area contributed by atoms with Crippen molar-refractivity contribution in [2.45, 2.75) is 12.5 Å². The van der Waals surface area contributed by atoms with Gasteiger partial charge in [-0.15, -0.1) is 0 Å². The van der Waals surface area contributed by atoms with Gasteiger partial charge in [-0.3, -0.25) is 4.79 Å². The number of carboxylic acid groups (broad SMARTS) is 1. The van der Waals surface area contributed by atoms with E-state index >= 15 is 0 Å². The number of carboxylic acids is 1. The third-order valence-electron chi connectivity index (χ3n) is 2.55. The van der Waals surface area contributed by atoms with Gasteiger partial charge in [-0.05, 0) is 18.2 Å². The van der Waals surface area contributed by atoms with Crippen LogP contribution in [0.1, 0.15) is 16.8 Å². The molecule has 0 saturated carbocycles. The van der Waals surface area contributed by atoms with Gasteiger partial charge in [0.2, 0.25) is 0 Å². The van der Waals surface area contributed by atoms with Gasteiger partial charge in [0.15, 0.2) is 0 Å². The summed E-state index contributed by atoms with van der Waals surface area (Å²) in [5, 5.41) is 11.4. The summed E-state index contributed by atoms with van der Waals surface area (Å²) >= 11 is 0. The molecule has 1 aromatic rings. The van der Waals surface area contributed by atoms with E-state index in [0.29, 0.717) is 24.4 Å². The van der Waals surface area contributed by atoms with Crippen LogP contribution in [0, 0.1) is 0 Å². The average molecular weight is 236 g/mol. The van der Waals surface area contributed by atoms with Crippen LogP contribution in [0.4, 0.5) is 11.4 Å². The summed E-state index contributed by atoms with van der Waals surface area (Å²) in [6, 6.07) is 4.15. The quantitative estimate of drug-likeness (QED) is 0.670. The molecule has 1 saturated heterocycles. The maximum Gasteiger partial charge on any atom is 0.335 e. The van der Waals surface area contributed by atoms with Gasteiger partial charge in [-0.25, -0.2) is 4.79 Å². The fourth-order valence-corrected chi connectivity index (χ4v) is 1.45. The van der Waals surface area contributed by atoms with E-state index in [0.717, 1.165) is 0 Å². The molecule has 17 heavy (non-hydrogen) atoms. The van der Waals surface area contributed by atoms with Crippen LogP contribution < -0.4 is 11.1 Å². The van der Waals surface area contributed by atoms with Gasteiger partial charge in [0.1, 0.15) is 6.10 Å². The van der Waals surface area contributed by atoms with Crippen molar-refractivity contribution >= 4 is 23.3 Å². The highest BCUT2D eigenvalue weighted by molar-refractivity contribution is 5.99. The molecule has 2 rings (SSSR count). The predicted octanol–water partition coefficient (Wildman–Crippen LogP) is 0.694. The van der Waals surface area contributed by atoms with E-state index in [1.54, 1.807) is 0 Å². The van der Waals surface area contributed by atoms with E-state index in [2.05, 4.69) is 5.32 Å². The average Bonchev–Trinajstić information content (AvgIpc) is 2.18. The summed E-state index contributed by atoms with van der Waals surface area (Å²) in [7, 11) is 0. The zero-order chi connectivity index (χ0) is 12.4. The Morgan fingerprint density at radius 1 is 1.47 bits per heavy atom. The van der Waals surface area contributed by atoms with Gasteiger partial charge >= 0.3 is 5.97 Å². The number of ether oxygens (including phenoxy) is 1. The monoisotopic (exact) mass is 236 g/mol. The van der Waals surface area contributed by atoms with Crippen LogP contribution in [0.3, 0.4) is 0 Å². The number of aromatic carboxylic acids is 1. The van der Waals surface area contributed by atoms with Gasteiger partial charge in [-0.2, -0.15) is 0 Å². The third kappa shape index (κ3) is 2.36. The normalized spacial score (nSPS) is 18.2. The molecule has 1 atom stereocenters. The molecule has 1 aliphatic rings. The Hall–Kier alpha value is -2.08. The Morgan fingerprint density at radius 3 is 2.71 bits per heavy atom. The molecule has 90 valence electrons. The highest BCUT2D eigenvalue weighted by Gasteiger charge is 2.26. The van der Waals surface area contributed by atoms with Gasteiger partial charge in [0, 0.05) is 6.42 Å². The Kier molecular flexibility index (Phi) is 2.97. The van der Waals surface area contributed by atoms with Crippen LogP contribution in [0.2, 0.25) is 0 Å². The number of rotatable bonds is 3. The van der Waals surface area contributed by atoms with Gasteiger partial charge in [0.05, 0.1) is 23.5 Å². The highest BCUT2D eigenvalue weighted by Crippen LogP contribution is 2.22. The molecule has 0 bridgehead atoms. The zero-order valence-electron chi connectivity index (χ0n) is 8.97. The topological polar surface area (TPSA) is 102 Å². The van der Waals surface area contributed by atoms with E-state index in [-0.39, 0.29) is 11.5 Å². The van der Waals surface area contributed by atoms with Crippen molar-refractivity contribution in [3.05, 3.63) is 23.8 Å². The van der Waals surface area contributed by atoms with Crippen molar-refractivity contribution in [3.8, 4) is 0 Å². The first kappa shape index (κ1) is 11.4. The number of amides is 1. The molecule has 6 nitrogen and oxygen atoms in total. The second-order valence-electron chi connectivity index (χ2n) is 3.74. The lowest BCUT2D eigenvalue weighted by Crippen LogP contribution is -2.39. The largest absolute Gasteiger partial charge is 0.478 e. The highest BCUT2D eigenvalue weighted by atomic mass is 16.5. The molecule has 1 unspecified atom stereocenters. The third-order valence-corrected chi connectivity index (χ3v) is 2.55. The van der Waals surface area contributed by atoms with Crippen LogP contribution >= 0.6 is 0 Å². The summed E-state index contributed by atoms with van der Waals surface area (Å²) in [5.41, 5.74) is 6.34. The van der Waals surface area contributed by atoms with E-state index in [9.17, 15) is 9.59 Å². The zero-order valence-corrected chi connectivity index (χ0v) is 8.97. The maximum absolute atomic E-state index is 11.6. The van der Waals surface area contributed by atoms with E-state index in [1.807, 2.05) is 0 Å². The Bertz CT molecular complexity index is 469. The number of nitrogens with one attached hydrogen (secondary N) is 1. The molecule has 1 fully saturated rings. The summed E-state index contributed by atoms with van der Waals surface area (Å²) < 4.78 is 5.01. The molecule has 1 amide bonds. The predicted molar refractivity (Wildman–Crippen MR) is 60.8 cm³/mol. The maximum atomic E-state index is 11.6. The van der Waals surface area contributed by atoms with Crippen molar-refractivity contribution in [2.75, 3.05) is 17.7 Å². The first-order valence-electron chi connectivity index (χ1n) is 5.13. The van der Waals surface area contributed by atoms with Crippen molar-refractivity contribution in [1.29, 1.82) is 0 Å². The van der Waals surface area contributed by atoms with Crippen molar-refractivity contribution in [2.24, 2.45) is 0 Å². The van der Waals surface area contributed by atoms with Crippen LogP contribution in [-0.4, -0.2) is 29.7 Å². The second kappa shape index (κ2) is 4.42. The minimum absolute atomic E-state index is 0.0732. The number of carbonyl (C=O) groups excluding carboxylic acids is 1. The van der Waals surface area contributed by atoms with E-state index in [1.165, 1.54) is 18.2 Å². The first-order valence-corrected chi connectivity index (χ1v) is 5.13. The molecule has 6 heteroatoms. The van der Waals surface area contributed by atoms with Crippen LogP contribution in [0.5, 0.6) is 0 Å². The minimum Gasteiger partial charge on any atom is -0.478 e. The fourth-order valence-electron chi connectivity index (χ4n) is 1.45. The lowest BCUT2D eigenvalue weighted by molar-refractivity contribution is -0.139. The molecule has 4 N–H and O–H groups in total. The number of nitrogen functional groups attached to an aromatic ring is 1. The number of hydrogen-bond donors (Lipinski definition) is 3. The molecule has 1 aromatic carbocycles. The van der Waals surface area contributed by atoms with Gasteiger partial charge in [-0.1, -0.05) is 0 Å². The SMILES string of the molecule is Nc1ccc(C(=O)O)cc1NC(=O)C1CCO1. The molecule has 1 aliphatic heterocycles. The van der Waals surface area contributed by atoms with Crippen LogP contribution in [-0.2, 0) is 9.53 Å². The van der Waals surface area contributed by atoms with Crippen molar-refractivity contribution in [1.82, 2.24) is 0 Å². The Labute approximate surface area is 97.4 Å². The minimum atomic E-state index is -1.07. The van der Waals surface area contributed by atoms with E-state index in [4.69, 9.17) is 15.6 Å². The number of anilines is 2. The van der Waals surface area contributed by atoms with Crippen LogP contribution in [0.25, 0.3) is 0 Å². The Morgan fingerprint density at radius 2 is 2.18 bits per heavy atom. The second-order valence-corrected chi connectivity index (χ2v) is 3.74. The number of hydrogen-bond acceptors (Lipinski definition) is 4. The molecular weight excluding hydrogens is 224 g/mol. The molecule has 0 radical (unpaired) electrons. The smallest absolute Gasteiger partial charge is 0.335 e. The summed E-state index contributed by atoms with van der Waals surface area (Å²) in [6.45, 7) is 0.572. The van der Waals surface area contributed by atoms with Gasteiger partial charge in [0.25, 0.3) is 5.91 Å². The number of carbonyl (C=O) groups is 2. The Balaban J connectivity index is 2.16.